The summed E-state index contributed by atoms with van der Waals surface area (Å²) in [6, 6.07) is 0. The van der Waals surface area contributed by atoms with Crippen LogP contribution in [0.4, 0.5) is 0 Å². The Labute approximate surface area is 130 Å². The molecule has 2 N–H and O–H groups in total. The zero-order chi connectivity index (χ0) is 16.1. The molecule has 0 fully saturated rings. The molecule has 0 saturated heterocycles. The van der Waals surface area contributed by atoms with E-state index in [-0.39, 0.29) is 11.8 Å². The summed E-state index contributed by atoms with van der Waals surface area (Å²) in [5.41, 5.74) is 0. The molecular weight excluding hydrogens is 264 g/mol. The number of hydrogen-bond donors (Lipinski definition) is 2. The maximum absolute atomic E-state index is 11.6. The fourth-order valence-corrected chi connectivity index (χ4v) is 2.08. The van der Waals surface area contributed by atoms with Gasteiger partial charge in [0.05, 0.1) is 0 Å². The van der Waals surface area contributed by atoms with Crippen molar-refractivity contribution in [1.29, 1.82) is 0 Å². The van der Waals surface area contributed by atoms with Crippen LogP contribution in [0, 0.1) is 11.8 Å². The summed E-state index contributed by atoms with van der Waals surface area (Å²) in [4.78, 5) is 23.0. The third kappa shape index (κ3) is 15.2. The van der Waals surface area contributed by atoms with Crippen molar-refractivity contribution in [2.24, 2.45) is 11.8 Å². The third-order valence-corrected chi connectivity index (χ3v) is 3.28. The average Bonchev–Trinajstić information content (AvgIpc) is 2.37. The fraction of sp³-hybridized carbons (Fsp3) is 0.882. The van der Waals surface area contributed by atoms with Crippen molar-refractivity contribution in [3.8, 4) is 0 Å². The molecule has 0 aliphatic rings. The van der Waals surface area contributed by atoms with Gasteiger partial charge in [-0.1, -0.05) is 34.1 Å². The lowest BCUT2D eigenvalue weighted by Crippen LogP contribution is -2.26. The Hall–Kier alpha value is -1.06. The first kappa shape index (κ1) is 19.9. The lowest BCUT2D eigenvalue weighted by Gasteiger charge is -2.08. The second-order valence-electron chi connectivity index (χ2n) is 6.64. The Kier molecular flexibility index (Phi) is 12.0. The highest BCUT2D eigenvalue weighted by Crippen LogP contribution is 2.03. The van der Waals surface area contributed by atoms with Crippen LogP contribution in [0.2, 0.25) is 0 Å². The molecule has 0 aromatic heterocycles. The number of carbonyl (C=O) groups is 2. The van der Waals surface area contributed by atoms with E-state index >= 15 is 0 Å². The Bertz CT molecular complexity index is 289. The summed E-state index contributed by atoms with van der Waals surface area (Å²) in [7, 11) is 0. The molecule has 4 nitrogen and oxygen atoms in total. The molecule has 0 aliphatic heterocycles. The number of amides is 2. The third-order valence-electron chi connectivity index (χ3n) is 3.28. The highest BCUT2D eigenvalue weighted by Gasteiger charge is 2.04. The average molecular weight is 298 g/mol. The van der Waals surface area contributed by atoms with E-state index in [1.165, 1.54) is 0 Å². The molecule has 0 aliphatic carbocycles. The monoisotopic (exact) mass is 298 g/mol. The van der Waals surface area contributed by atoms with Crippen molar-refractivity contribution in [2.75, 3.05) is 13.1 Å². The van der Waals surface area contributed by atoms with Crippen LogP contribution < -0.4 is 10.6 Å². The molecule has 2 amide bonds. The fourth-order valence-electron chi connectivity index (χ4n) is 2.08. The first-order valence-electron chi connectivity index (χ1n) is 8.45. The Balaban J connectivity index is 3.34. The number of nitrogens with one attached hydrogen (secondary N) is 2. The number of hydrogen-bond acceptors (Lipinski definition) is 2. The predicted octanol–water partition coefficient (Wildman–Crippen LogP) is 3.26. The smallest absolute Gasteiger partial charge is 0.220 e. The van der Waals surface area contributed by atoms with Crippen LogP contribution in [0.1, 0.15) is 72.6 Å². The molecule has 0 spiro atoms. The van der Waals surface area contributed by atoms with Gasteiger partial charge in [0.1, 0.15) is 0 Å². The molecule has 0 unspecified atom stereocenters. The van der Waals surface area contributed by atoms with Crippen LogP contribution in [0.25, 0.3) is 0 Å². The Morgan fingerprint density at radius 3 is 2.00 bits per heavy atom. The minimum atomic E-state index is 0.132. The van der Waals surface area contributed by atoms with Gasteiger partial charge in [0, 0.05) is 25.9 Å². The normalized spacial score (nSPS) is 11.0. The molecule has 0 saturated carbocycles. The van der Waals surface area contributed by atoms with E-state index in [0.29, 0.717) is 24.7 Å². The Morgan fingerprint density at radius 2 is 1.38 bits per heavy atom. The summed E-state index contributed by atoms with van der Waals surface area (Å²) >= 11 is 0. The summed E-state index contributed by atoms with van der Waals surface area (Å²) in [5, 5.41) is 5.88. The molecule has 0 aromatic carbocycles. The first-order valence-corrected chi connectivity index (χ1v) is 8.45. The molecule has 0 bridgehead atoms. The first-order chi connectivity index (χ1) is 9.91. The van der Waals surface area contributed by atoms with E-state index in [0.717, 1.165) is 45.2 Å². The number of rotatable bonds is 12. The van der Waals surface area contributed by atoms with Crippen molar-refractivity contribution in [1.82, 2.24) is 10.6 Å². The molecule has 0 atom stereocenters. The van der Waals surface area contributed by atoms with Crippen molar-refractivity contribution in [2.45, 2.75) is 72.6 Å². The maximum atomic E-state index is 11.6. The molecule has 21 heavy (non-hydrogen) atoms. The minimum absolute atomic E-state index is 0.132. The van der Waals surface area contributed by atoms with E-state index in [1.54, 1.807) is 0 Å². The number of unbranched alkanes of at least 4 members (excludes halogenated alkanes) is 2. The molecular formula is C17H34N2O2. The molecule has 0 radical (unpaired) electrons. The van der Waals surface area contributed by atoms with Crippen LogP contribution in [-0.2, 0) is 9.59 Å². The van der Waals surface area contributed by atoms with Gasteiger partial charge >= 0.3 is 0 Å². The van der Waals surface area contributed by atoms with E-state index < -0.39 is 0 Å². The van der Waals surface area contributed by atoms with Gasteiger partial charge < -0.3 is 10.6 Å². The zero-order valence-electron chi connectivity index (χ0n) is 14.3. The SMILES string of the molecule is CC(C)CCCNC(=O)CCCCCNC(=O)CC(C)C. The lowest BCUT2D eigenvalue weighted by atomic mass is 10.1. The van der Waals surface area contributed by atoms with Gasteiger partial charge in [-0.25, -0.2) is 0 Å². The lowest BCUT2D eigenvalue weighted by molar-refractivity contribution is -0.122. The van der Waals surface area contributed by atoms with Gasteiger partial charge in [0.2, 0.25) is 11.8 Å². The van der Waals surface area contributed by atoms with Crippen LogP contribution in [0.15, 0.2) is 0 Å². The summed E-state index contributed by atoms with van der Waals surface area (Å²) < 4.78 is 0. The summed E-state index contributed by atoms with van der Waals surface area (Å²) in [5.74, 6) is 1.40. The van der Waals surface area contributed by atoms with Crippen LogP contribution in [-0.4, -0.2) is 24.9 Å². The highest BCUT2D eigenvalue weighted by atomic mass is 16.2. The van der Waals surface area contributed by atoms with Crippen molar-refractivity contribution < 1.29 is 9.59 Å². The van der Waals surface area contributed by atoms with Crippen LogP contribution in [0.3, 0.4) is 0 Å². The van der Waals surface area contributed by atoms with Gasteiger partial charge in [0.15, 0.2) is 0 Å². The van der Waals surface area contributed by atoms with Crippen LogP contribution in [0.5, 0.6) is 0 Å². The maximum Gasteiger partial charge on any atom is 0.220 e. The van der Waals surface area contributed by atoms with Crippen molar-refractivity contribution in [3.05, 3.63) is 0 Å². The largest absolute Gasteiger partial charge is 0.356 e. The topological polar surface area (TPSA) is 58.2 Å². The number of carbonyl (C=O) groups excluding carboxylic acids is 2. The van der Waals surface area contributed by atoms with Crippen molar-refractivity contribution >= 4 is 11.8 Å². The minimum Gasteiger partial charge on any atom is -0.356 e. The van der Waals surface area contributed by atoms with E-state index in [2.05, 4.69) is 24.5 Å². The van der Waals surface area contributed by atoms with E-state index in [4.69, 9.17) is 0 Å². The molecule has 0 rings (SSSR count). The highest BCUT2D eigenvalue weighted by molar-refractivity contribution is 5.76. The van der Waals surface area contributed by atoms with Gasteiger partial charge in [0.25, 0.3) is 0 Å². The molecule has 0 aromatic rings. The second-order valence-corrected chi connectivity index (χ2v) is 6.64. The standard InChI is InChI=1S/C17H34N2O2/c1-14(2)9-8-12-18-16(20)10-6-5-7-11-19-17(21)13-15(3)4/h14-15H,5-13H2,1-4H3,(H,18,20)(H,19,21). The summed E-state index contributed by atoms with van der Waals surface area (Å²) in [6.07, 6.45) is 6.25. The van der Waals surface area contributed by atoms with E-state index in [9.17, 15) is 9.59 Å². The van der Waals surface area contributed by atoms with Gasteiger partial charge in [-0.3, -0.25) is 9.59 Å². The quantitative estimate of drug-likeness (QED) is 0.543. The Morgan fingerprint density at radius 1 is 0.762 bits per heavy atom. The van der Waals surface area contributed by atoms with Crippen molar-refractivity contribution in [3.63, 3.8) is 0 Å². The van der Waals surface area contributed by atoms with Gasteiger partial charge in [-0.05, 0) is 37.5 Å². The van der Waals surface area contributed by atoms with Crippen LogP contribution >= 0.6 is 0 Å². The zero-order valence-corrected chi connectivity index (χ0v) is 14.3. The van der Waals surface area contributed by atoms with Gasteiger partial charge in [-0.2, -0.15) is 0 Å². The summed E-state index contributed by atoms with van der Waals surface area (Å²) in [6.45, 7) is 9.99. The molecule has 0 heterocycles. The van der Waals surface area contributed by atoms with Gasteiger partial charge in [-0.15, -0.1) is 0 Å². The molecule has 124 valence electrons. The predicted molar refractivity (Wildman–Crippen MR) is 88.0 cm³/mol. The van der Waals surface area contributed by atoms with E-state index in [1.807, 2.05) is 13.8 Å². The molecule has 4 heteroatoms. The second kappa shape index (κ2) is 12.7.